The van der Waals surface area contributed by atoms with E-state index in [2.05, 4.69) is 24.1 Å². The maximum absolute atomic E-state index is 12.0. The van der Waals surface area contributed by atoms with E-state index >= 15 is 0 Å². The molecule has 2 rings (SSSR count). The van der Waals surface area contributed by atoms with Crippen LogP contribution in [0.25, 0.3) is 0 Å². The second kappa shape index (κ2) is 7.42. The molecule has 118 valence electrons. The number of carbonyl (C=O) groups excluding carboxylic acids is 1. The van der Waals surface area contributed by atoms with Gasteiger partial charge < -0.3 is 15.5 Å². The van der Waals surface area contributed by atoms with Gasteiger partial charge >= 0.3 is 0 Å². The molecular weight excluding hydrogens is 302 g/mol. The lowest BCUT2D eigenvalue weighted by Crippen LogP contribution is -2.23. The lowest BCUT2D eigenvalue weighted by atomic mass is 10.0. The molecule has 0 aliphatic rings. The molecule has 3 N–H and O–H groups in total. The highest BCUT2D eigenvalue weighted by Crippen LogP contribution is 2.18. The highest BCUT2D eigenvalue weighted by Gasteiger charge is 2.17. The summed E-state index contributed by atoms with van der Waals surface area (Å²) in [6, 6.07) is 6.98. The first-order valence-electron chi connectivity index (χ1n) is 7.19. The van der Waals surface area contributed by atoms with Crippen LogP contribution in [0.15, 0.2) is 34.9 Å². The lowest BCUT2D eigenvalue weighted by Gasteiger charge is -2.09. The minimum atomic E-state index is -0.294. The zero-order valence-electron chi connectivity index (χ0n) is 12.7. The van der Waals surface area contributed by atoms with Crippen LogP contribution in [-0.4, -0.2) is 10.9 Å². The molecule has 0 fully saturated rings. The number of nitrogens with two attached hydrogens (primary N) is 1. The first-order chi connectivity index (χ1) is 10.5. The Kier molecular flexibility index (Phi) is 5.57. The molecule has 1 heterocycles. The largest absolute Gasteiger partial charge is 0.446 e. The van der Waals surface area contributed by atoms with Gasteiger partial charge in [0, 0.05) is 11.6 Å². The normalized spacial score (nSPS) is 12.4. The Morgan fingerprint density at radius 2 is 2.05 bits per heavy atom. The third-order valence-electron chi connectivity index (χ3n) is 3.16. The molecule has 5 nitrogen and oxygen atoms in total. The minimum Gasteiger partial charge on any atom is -0.446 e. The molecule has 6 heteroatoms. The van der Waals surface area contributed by atoms with E-state index in [0.717, 1.165) is 12.0 Å². The Bertz CT molecular complexity index is 623. The van der Waals surface area contributed by atoms with Crippen molar-refractivity contribution in [1.82, 2.24) is 10.3 Å². The topological polar surface area (TPSA) is 81.1 Å². The van der Waals surface area contributed by atoms with Crippen LogP contribution in [-0.2, 0) is 6.54 Å². The minimum absolute atomic E-state index is 0.239. The van der Waals surface area contributed by atoms with Gasteiger partial charge in [-0.3, -0.25) is 4.79 Å². The summed E-state index contributed by atoms with van der Waals surface area (Å²) in [5.41, 5.74) is 7.18. The third kappa shape index (κ3) is 4.58. The van der Waals surface area contributed by atoms with Crippen molar-refractivity contribution >= 4 is 17.5 Å². The number of benzene rings is 1. The number of nitrogens with zero attached hydrogens (tertiary/aromatic N) is 1. The molecule has 2 aromatic rings. The van der Waals surface area contributed by atoms with Crippen LogP contribution in [0, 0.1) is 5.92 Å². The molecule has 0 spiro atoms. The SMILES string of the molecule is CC(C)CC(N)c1nc(C(=O)NCc2ccc(Cl)cc2)co1. The summed E-state index contributed by atoms with van der Waals surface area (Å²) in [4.78, 5) is 16.2. The molecule has 0 radical (unpaired) electrons. The number of hydrogen-bond donors (Lipinski definition) is 2. The highest BCUT2D eigenvalue weighted by molar-refractivity contribution is 6.30. The van der Waals surface area contributed by atoms with Crippen LogP contribution in [0.5, 0.6) is 0 Å². The number of hydrogen-bond acceptors (Lipinski definition) is 4. The molecular formula is C16H20ClN3O2. The van der Waals surface area contributed by atoms with Gasteiger partial charge in [-0.25, -0.2) is 4.98 Å². The van der Waals surface area contributed by atoms with Crippen molar-refractivity contribution in [3.63, 3.8) is 0 Å². The number of nitrogens with one attached hydrogen (secondary N) is 1. The van der Waals surface area contributed by atoms with Crippen LogP contribution in [0.2, 0.25) is 5.02 Å². The van der Waals surface area contributed by atoms with E-state index in [4.69, 9.17) is 21.8 Å². The van der Waals surface area contributed by atoms with Gasteiger partial charge in [0.2, 0.25) is 5.89 Å². The van der Waals surface area contributed by atoms with Gasteiger partial charge in [-0.15, -0.1) is 0 Å². The van der Waals surface area contributed by atoms with Crippen molar-refractivity contribution in [3.05, 3.63) is 52.7 Å². The molecule has 1 atom stereocenters. The highest BCUT2D eigenvalue weighted by atomic mass is 35.5. The second-order valence-corrected chi connectivity index (χ2v) is 6.05. The van der Waals surface area contributed by atoms with E-state index in [-0.39, 0.29) is 17.6 Å². The molecule has 0 saturated heterocycles. The summed E-state index contributed by atoms with van der Waals surface area (Å²) >= 11 is 5.82. The molecule has 0 bridgehead atoms. The Hall–Kier alpha value is -1.85. The monoisotopic (exact) mass is 321 g/mol. The fourth-order valence-electron chi connectivity index (χ4n) is 2.05. The van der Waals surface area contributed by atoms with Crippen molar-refractivity contribution < 1.29 is 9.21 Å². The summed E-state index contributed by atoms with van der Waals surface area (Å²) in [5.74, 6) is 0.538. The van der Waals surface area contributed by atoms with Crippen molar-refractivity contribution in [1.29, 1.82) is 0 Å². The Labute approximate surface area is 134 Å². The van der Waals surface area contributed by atoms with E-state index < -0.39 is 0 Å². The van der Waals surface area contributed by atoms with Crippen molar-refractivity contribution in [2.75, 3.05) is 0 Å². The molecule has 0 aliphatic heterocycles. The summed E-state index contributed by atoms with van der Waals surface area (Å²) in [5, 5.41) is 3.44. The second-order valence-electron chi connectivity index (χ2n) is 5.62. The van der Waals surface area contributed by atoms with Crippen LogP contribution in [0.3, 0.4) is 0 Å². The first kappa shape index (κ1) is 16.5. The molecule has 0 aliphatic carbocycles. The number of amides is 1. The summed E-state index contributed by atoms with van der Waals surface area (Å²) in [7, 11) is 0. The summed E-state index contributed by atoms with van der Waals surface area (Å²) in [6.45, 7) is 4.54. The van der Waals surface area contributed by atoms with Gasteiger partial charge in [-0.2, -0.15) is 0 Å². The quantitative estimate of drug-likeness (QED) is 0.855. The standard InChI is InChI=1S/C16H20ClN3O2/c1-10(2)7-13(18)16-20-14(9-22-16)15(21)19-8-11-3-5-12(17)6-4-11/h3-6,9-10,13H,7-8,18H2,1-2H3,(H,19,21). The van der Waals surface area contributed by atoms with E-state index in [1.54, 1.807) is 12.1 Å². The van der Waals surface area contributed by atoms with Crippen LogP contribution in [0.1, 0.15) is 48.3 Å². The van der Waals surface area contributed by atoms with Gasteiger partial charge in [-0.1, -0.05) is 37.6 Å². The molecule has 22 heavy (non-hydrogen) atoms. The van der Waals surface area contributed by atoms with Gasteiger partial charge in [0.15, 0.2) is 5.69 Å². The van der Waals surface area contributed by atoms with Gasteiger partial charge in [0.05, 0.1) is 6.04 Å². The van der Waals surface area contributed by atoms with E-state index in [1.807, 2.05) is 12.1 Å². The Morgan fingerprint density at radius 1 is 1.36 bits per heavy atom. The molecule has 1 amide bonds. The molecule has 1 aromatic heterocycles. The third-order valence-corrected chi connectivity index (χ3v) is 3.42. The van der Waals surface area contributed by atoms with Crippen LogP contribution < -0.4 is 11.1 Å². The maximum atomic E-state index is 12.0. The van der Waals surface area contributed by atoms with E-state index in [0.29, 0.717) is 23.4 Å². The summed E-state index contributed by atoms with van der Waals surface area (Å²) < 4.78 is 5.30. The number of aromatic nitrogens is 1. The van der Waals surface area contributed by atoms with Gasteiger partial charge in [0.1, 0.15) is 6.26 Å². The lowest BCUT2D eigenvalue weighted by molar-refractivity contribution is 0.0946. The fraction of sp³-hybridized carbons (Fsp3) is 0.375. The Morgan fingerprint density at radius 3 is 2.68 bits per heavy atom. The number of rotatable bonds is 6. The zero-order valence-corrected chi connectivity index (χ0v) is 13.4. The average molecular weight is 322 g/mol. The smallest absolute Gasteiger partial charge is 0.273 e. The zero-order chi connectivity index (χ0) is 16.1. The summed E-state index contributed by atoms with van der Waals surface area (Å²) in [6.07, 6.45) is 2.10. The molecule has 1 unspecified atom stereocenters. The van der Waals surface area contributed by atoms with Gasteiger partial charge in [0.25, 0.3) is 5.91 Å². The van der Waals surface area contributed by atoms with E-state index in [9.17, 15) is 4.79 Å². The molecule has 0 saturated carbocycles. The van der Waals surface area contributed by atoms with E-state index in [1.165, 1.54) is 6.26 Å². The first-order valence-corrected chi connectivity index (χ1v) is 7.57. The Balaban J connectivity index is 1.92. The average Bonchev–Trinajstić information content (AvgIpc) is 2.95. The number of oxazole rings is 1. The fourth-order valence-corrected chi connectivity index (χ4v) is 2.17. The van der Waals surface area contributed by atoms with Crippen molar-refractivity contribution in [2.45, 2.75) is 32.9 Å². The van der Waals surface area contributed by atoms with Crippen LogP contribution >= 0.6 is 11.6 Å². The van der Waals surface area contributed by atoms with Crippen molar-refractivity contribution in [3.8, 4) is 0 Å². The van der Waals surface area contributed by atoms with Gasteiger partial charge in [-0.05, 0) is 30.0 Å². The van der Waals surface area contributed by atoms with Crippen molar-refractivity contribution in [2.24, 2.45) is 11.7 Å². The predicted octanol–water partition coefficient (Wildman–Crippen LogP) is 3.30. The number of carbonyl (C=O) groups is 1. The molecule has 1 aromatic carbocycles. The maximum Gasteiger partial charge on any atom is 0.273 e. The predicted molar refractivity (Wildman–Crippen MR) is 85.5 cm³/mol. The van der Waals surface area contributed by atoms with Crippen LogP contribution in [0.4, 0.5) is 0 Å². The number of halogens is 1.